The highest BCUT2D eigenvalue weighted by atomic mass is 16.4. The van der Waals surface area contributed by atoms with Crippen LogP contribution in [0.25, 0.3) is 5.69 Å². The average molecular weight is 288 g/mol. The van der Waals surface area contributed by atoms with Gasteiger partial charge in [-0.1, -0.05) is 0 Å². The van der Waals surface area contributed by atoms with Gasteiger partial charge in [-0.15, -0.1) is 4.91 Å². The number of carbonyl (C=O) groups is 1. The normalized spacial score (nSPS) is 12.0. The Bertz CT molecular complexity index is 663. The van der Waals surface area contributed by atoms with Crippen molar-refractivity contribution < 1.29 is 9.90 Å². The van der Waals surface area contributed by atoms with E-state index in [2.05, 4.69) is 10.4 Å². The van der Waals surface area contributed by atoms with Gasteiger partial charge in [0.05, 0.1) is 22.4 Å². The summed E-state index contributed by atoms with van der Waals surface area (Å²) >= 11 is 0. The second kappa shape index (κ2) is 5.74. The molecular weight excluding hydrogens is 272 g/mol. The van der Waals surface area contributed by atoms with E-state index in [0.717, 1.165) is 22.1 Å². The molecule has 0 radical (unpaired) electrons. The molecule has 110 valence electrons. The zero-order valence-electron chi connectivity index (χ0n) is 12.0. The van der Waals surface area contributed by atoms with Gasteiger partial charge in [0.2, 0.25) is 0 Å². The van der Waals surface area contributed by atoms with Gasteiger partial charge in [0, 0.05) is 5.69 Å². The second-order valence-corrected chi connectivity index (χ2v) is 4.80. The number of rotatable bonds is 5. The Labute approximate surface area is 121 Å². The quantitative estimate of drug-likeness (QED) is 0.674. The molecule has 1 unspecified atom stereocenters. The summed E-state index contributed by atoms with van der Waals surface area (Å²) in [5, 5.41) is 17.0. The molecule has 1 aromatic heterocycles. The van der Waals surface area contributed by atoms with Crippen molar-refractivity contribution >= 4 is 11.7 Å². The largest absolute Gasteiger partial charge is 0.480 e. The molecule has 0 fully saturated rings. The molecule has 0 spiro atoms. The zero-order chi connectivity index (χ0) is 15.6. The second-order valence-electron chi connectivity index (χ2n) is 4.80. The van der Waals surface area contributed by atoms with Gasteiger partial charge in [0.15, 0.2) is 0 Å². The van der Waals surface area contributed by atoms with Gasteiger partial charge in [-0.25, -0.2) is 14.5 Å². The summed E-state index contributed by atoms with van der Waals surface area (Å²) in [5.74, 6) is -1.11. The van der Waals surface area contributed by atoms with Crippen molar-refractivity contribution in [2.45, 2.75) is 26.8 Å². The van der Waals surface area contributed by atoms with E-state index in [1.807, 2.05) is 19.9 Å². The molecule has 0 amide bonds. The van der Waals surface area contributed by atoms with Crippen LogP contribution in [0.5, 0.6) is 0 Å². The molecule has 2 rings (SSSR count). The molecule has 0 aliphatic carbocycles. The van der Waals surface area contributed by atoms with Crippen molar-refractivity contribution in [3.63, 3.8) is 0 Å². The summed E-state index contributed by atoms with van der Waals surface area (Å²) in [6, 6.07) is 7.75. The fourth-order valence-corrected chi connectivity index (χ4v) is 2.08. The Morgan fingerprint density at radius 2 is 1.95 bits per heavy atom. The highest BCUT2D eigenvalue weighted by molar-refractivity contribution is 5.77. The number of hydrogen-bond acceptors (Lipinski definition) is 4. The molecule has 0 aliphatic heterocycles. The van der Waals surface area contributed by atoms with Crippen LogP contribution in [0.1, 0.15) is 18.3 Å². The van der Waals surface area contributed by atoms with Gasteiger partial charge in [0.1, 0.15) is 6.04 Å². The first kappa shape index (κ1) is 14.7. The Kier molecular flexibility index (Phi) is 4.02. The molecule has 1 aromatic carbocycles. The van der Waals surface area contributed by atoms with E-state index >= 15 is 0 Å². The van der Waals surface area contributed by atoms with E-state index in [4.69, 9.17) is 5.11 Å². The smallest absolute Gasteiger partial charge is 0.328 e. The molecule has 1 N–H and O–H groups in total. The van der Waals surface area contributed by atoms with Crippen molar-refractivity contribution in [1.82, 2.24) is 9.78 Å². The number of nitrogens with zero attached hydrogens (tertiary/aromatic N) is 4. The first-order valence-electron chi connectivity index (χ1n) is 6.43. The maximum atomic E-state index is 11.0. The lowest BCUT2D eigenvalue weighted by Crippen LogP contribution is -2.34. The SMILES string of the molecule is Cc1cc(C)n(-c2ccc(N(N=O)C(C)C(=O)O)cc2)n1. The van der Waals surface area contributed by atoms with Crippen LogP contribution in [-0.4, -0.2) is 26.9 Å². The predicted molar refractivity (Wildman–Crippen MR) is 78.4 cm³/mol. The highest BCUT2D eigenvalue weighted by Gasteiger charge is 2.22. The number of nitroso groups, excluding NO2 is 1. The standard InChI is InChI=1S/C14H16N4O3/c1-9-8-10(2)17(15-9)12-4-6-13(7-5-12)18(16-21)11(3)14(19)20/h4-8,11H,1-3H3,(H,19,20). The molecule has 0 saturated heterocycles. The lowest BCUT2D eigenvalue weighted by Gasteiger charge is -2.19. The maximum absolute atomic E-state index is 11.0. The number of aromatic nitrogens is 2. The average Bonchev–Trinajstić information content (AvgIpc) is 2.79. The maximum Gasteiger partial charge on any atom is 0.328 e. The van der Waals surface area contributed by atoms with Crippen LogP contribution in [0.2, 0.25) is 0 Å². The number of hydrogen-bond donors (Lipinski definition) is 1. The lowest BCUT2D eigenvalue weighted by atomic mass is 10.2. The van der Waals surface area contributed by atoms with Crippen molar-refractivity contribution in [2.24, 2.45) is 5.29 Å². The summed E-state index contributed by atoms with van der Waals surface area (Å²) in [6.45, 7) is 5.25. The first-order valence-corrected chi connectivity index (χ1v) is 6.43. The number of anilines is 1. The molecule has 1 heterocycles. The van der Waals surface area contributed by atoms with Gasteiger partial charge in [-0.3, -0.25) is 0 Å². The summed E-state index contributed by atoms with van der Waals surface area (Å²) < 4.78 is 1.78. The van der Waals surface area contributed by atoms with Crippen molar-refractivity contribution in [3.05, 3.63) is 46.6 Å². The minimum atomic E-state index is -1.11. The number of aliphatic carboxylic acids is 1. The van der Waals surface area contributed by atoms with Crippen LogP contribution in [0.15, 0.2) is 35.6 Å². The van der Waals surface area contributed by atoms with Crippen LogP contribution in [0, 0.1) is 18.8 Å². The van der Waals surface area contributed by atoms with E-state index < -0.39 is 12.0 Å². The van der Waals surface area contributed by atoms with E-state index in [1.54, 1.807) is 28.9 Å². The number of carboxylic acid groups (broad SMARTS) is 1. The minimum Gasteiger partial charge on any atom is -0.480 e. The summed E-state index contributed by atoms with van der Waals surface area (Å²) in [7, 11) is 0. The monoisotopic (exact) mass is 288 g/mol. The molecule has 7 nitrogen and oxygen atoms in total. The third-order valence-corrected chi connectivity index (χ3v) is 3.18. The third kappa shape index (κ3) is 2.91. The van der Waals surface area contributed by atoms with Gasteiger partial charge < -0.3 is 5.11 Å². The van der Waals surface area contributed by atoms with Crippen molar-refractivity contribution in [2.75, 3.05) is 5.01 Å². The predicted octanol–water partition coefficient (Wildman–Crippen LogP) is 2.45. The Hall–Kier alpha value is -2.70. The molecular formula is C14H16N4O3. The molecule has 1 atom stereocenters. The zero-order valence-corrected chi connectivity index (χ0v) is 12.0. The van der Waals surface area contributed by atoms with Gasteiger partial charge in [0.25, 0.3) is 0 Å². The fraction of sp³-hybridized carbons (Fsp3) is 0.286. The molecule has 2 aromatic rings. The minimum absolute atomic E-state index is 0.421. The van der Waals surface area contributed by atoms with Crippen LogP contribution in [0.4, 0.5) is 5.69 Å². The van der Waals surface area contributed by atoms with E-state index in [9.17, 15) is 9.70 Å². The molecule has 0 bridgehead atoms. The van der Waals surface area contributed by atoms with Gasteiger partial charge in [-0.2, -0.15) is 5.10 Å². The highest BCUT2D eigenvalue weighted by Crippen LogP contribution is 2.21. The lowest BCUT2D eigenvalue weighted by molar-refractivity contribution is -0.138. The summed E-state index contributed by atoms with van der Waals surface area (Å²) in [6.07, 6.45) is 0. The van der Waals surface area contributed by atoms with Crippen molar-refractivity contribution in [3.8, 4) is 5.69 Å². The van der Waals surface area contributed by atoms with Crippen LogP contribution in [0.3, 0.4) is 0 Å². The molecule has 7 heteroatoms. The van der Waals surface area contributed by atoms with E-state index in [1.165, 1.54) is 6.92 Å². The molecule has 0 aliphatic rings. The topological polar surface area (TPSA) is 87.8 Å². The number of carboxylic acids is 1. The number of benzene rings is 1. The van der Waals surface area contributed by atoms with Crippen LogP contribution in [-0.2, 0) is 4.79 Å². The van der Waals surface area contributed by atoms with E-state index in [-0.39, 0.29) is 0 Å². The Balaban J connectivity index is 2.32. The first-order chi connectivity index (χ1) is 9.93. The third-order valence-electron chi connectivity index (χ3n) is 3.18. The molecule has 21 heavy (non-hydrogen) atoms. The summed E-state index contributed by atoms with van der Waals surface area (Å²) in [5.41, 5.74) is 3.15. The van der Waals surface area contributed by atoms with Gasteiger partial charge >= 0.3 is 5.97 Å². The fourth-order valence-electron chi connectivity index (χ4n) is 2.08. The Morgan fingerprint density at radius 3 is 2.38 bits per heavy atom. The summed E-state index contributed by atoms with van der Waals surface area (Å²) in [4.78, 5) is 21.8. The van der Waals surface area contributed by atoms with Crippen LogP contribution < -0.4 is 5.01 Å². The van der Waals surface area contributed by atoms with Crippen LogP contribution >= 0.6 is 0 Å². The number of aryl methyl sites for hydroxylation is 2. The Morgan fingerprint density at radius 1 is 1.33 bits per heavy atom. The van der Waals surface area contributed by atoms with E-state index in [0.29, 0.717) is 5.69 Å². The van der Waals surface area contributed by atoms with Crippen molar-refractivity contribution in [1.29, 1.82) is 0 Å². The molecule has 0 saturated carbocycles. The van der Waals surface area contributed by atoms with Gasteiger partial charge in [-0.05, 0) is 51.1 Å².